The minimum Gasteiger partial charge on any atom is -0.302 e. The fraction of sp³-hybridized carbons (Fsp3) is 1.00. The molecule has 0 aromatic heterocycles. The van der Waals surface area contributed by atoms with Crippen LogP contribution in [0.3, 0.4) is 0 Å². The minimum absolute atomic E-state index is 1.26. The number of hydrogen-bond acceptors (Lipinski definition) is 3. The molecule has 3 nitrogen and oxygen atoms in total. The van der Waals surface area contributed by atoms with Gasteiger partial charge in [0.15, 0.2) is 0 Å². The van der Waals surface area contributed by atoms with E-state index in [1.165, 1.54) is 219 Å². The van der Waals surface area contributed by atoms with Crippen molar-refractivity contribution >= 4 is 0 Å². The van der Waals surface area contributed by atoms with Crippen LogP contribution in [0, 0.1) is 0 Å². The third-order valence-corrected chi connectivity index (χ3v) is 9.28. The highest BCUT2D eigenvalue weighted by Gasteiger charge is 2.12. The van der Waals surface area contributed by atoms with Gasteiger partial charge in [-0.2, -0.15) is 0 Å². The zero-order chi connectivity index (χ0) is 30.8. The quantitative estimate of drug-likeness (QED) is 0.0669. The maximum absolute atomic E-state index is 2.85. The largest absolute Gasteiger partial charge is 0.302 e. The van der Waals surface area contributed by atoms with E-state index in [9.17, 15) is 0 Å². The lowest BCUT2D eigenvalue weighted by molar-refractivity contribution is 0.170. The van der Waals surface area contributed by atoms with E-state index >= 15 is 0 Å². The fourth-order valence-corrected chi connectivity index (χ4v) is 6.44. The molecule has 0 amide bonds. The van der Waals surface area contributed by atoms with Crippen molar-refractivity contribution in [2.75, 3.05) is 58.9 Å². The van der Waals surface area contributed by atoms with Crippen LogP contribution in [-0.4, -0.2) is 73.6 Å². The second-order valence-corrected chi connectivity index (χ2v) is 13.6. The second-order valence-electron chi connectivity index (χ2n) is 13.6. The summed E-state index contributed by atoms with van der Waals surface area (Å²) < 4.78 is 0. The molecule has 0 N–H and O–H groups in total. The summed E-state index contributed by atoms with van der Waals surface area (Å²) in [5, 5.41) is 0. The zero-order valence-corrected chi connectivity index (χ0v) is 30.4. The average Bonchev–Trinajstić information content (AvgIpc) is 2.99. The molecule has 0 spiro atoms. The van der Waals surface area contributed by atoms with Crippen molar-refractivity contribution in [3.8, 4) is 0 Å². The van der Waals surface area contributed by atoms with Gasteiger partial charge in [-0.1, -0.05) is 163 Å². The smallest absolute Gasteiger partial charge is 0.0110 e. The molecule has 0 rings (SSSR count). The molecule has 254 valence electrons. The molecule has 0 saturated heterocycles. The molecular formula is C39H83N3. The Kier molecular flexibility index (Phi) is 35.3. The number of nitrogens with zero attached hydrogens (tertiary/aromatic N) is 3. The standard InChI is InChI=1S/C39H83N3/c1-6-11-14-17-20-21-22-24-27-30-35-42(38-36-40(31-9-4)32-10-5)39-37-41(33-28-25-19-16-13-8-3)34-29-26-23-18-15-12-7-2/h6-39H2,1-5H3. The molecule has 42 heavy (non-hydrogen) atoms. The molecular weight excluding hydrogens is 510 g/mol. The first-order valence-corrected chi connectivity index (χ1v) is 19.9. The van der Waals surface area contributed by atoms with Gasteiger partial charge >= 0.3 is 0 Å². The Hall–Kier alpha value is -0.120. The van der Waals surface area contributed by atoms with Crippen molar-refractivity contribution in [1.82, 2.24) is 14.7 Å². The lowest BCUT2D eigenvalue weighted by atomic mass is 10.1. The molecule has 0 atom stereocenters. The van der Waals surface area contributed by atoms with Crippen LogP contribution in [0.15, 0.2) is 0 Å². The van der Waals surface area contributed by atoms with Crippen LogP contribution < -0.4 is 0 Å². The lowest BCUT2D eigenvalue weighted by Crippen LogP contribution is -2.41. The third-order valence-electron chi connectivity index (χ3n) is 9.28. The molecule has 0 radical (unpaired) electrons. The van der Waals surface area contributed by atoms with E-state index < -0.39 is 0 Å². The Morgan fingerprint density at radius 3 is 0.667 bits per heavy atom. The van der Waals surface area contributed by atoms with Gasteiger partial charge in [-0.05, 0) is 64.8 Å². The van der Waals surface area contributed by atoms with Gasteiger partial charge in [-0.15, -0.1) is 0 Å². The van der Waals surface area contributed by atoms with E-state index in [-0.39, 0.29) is 0 Å². The molecule has 0 saturated carbocycles. The highest BCUT2D eigenvalue weighted by atomic mass is 15.2. The zero-order valence-electron chi connectivity index (χ0n) is 30.4. The maximum atomic E-state index is 2.85. The molecule has 0 unspecified atom stereocenters. The number of unbranched alkanes of at least 4 members (excludes halogenated alkanes) is 20. The Morgan fingerprint density at radius 1 is 0.190 bits per heavy atom. The first-order valence-electron chi connectivity index (χ1n) is 19.9. The van der Waals surface area contributed by atoms with Crippen LogP contribution in [0.1, 0.15) is 195 Å². The predicted octanol–water partition coefficient (Wildman–Crippen LogP) is 11.7. The maximum Gasteiger partial charge on any atom is 0.0110 e. The molecule has 0 heterocycles. The van der Waals surface area contributed by atoms with Gasteiger partial charge in [0.1, 0.15) is 0 Å². The summed E-state index contributed by atoms with van der Waals surface area (Å²) in [6.45, 7) is 23.2. The molecule has 0 aromatic rings. The minimum atomic E-state index is 1.26. The van der Waals surface area contributed by atoms with Gasteiger partial charge in [-0.3, -0.25) is 0 Å². The summed E-state index contributed by atoms with van der Waals surface area (Å²) in [6.07, 6.45) is 35.4. The predicted molar refractivity (Wildman–Crippen MR) is 193 cm³/mol. The van der Waals surface area contributed by atoms with Gasteiger partial charge in [-0.25, -0.2) is 0 Å². The van der Waals surface area contributed by atoms with Crippen molar-refractivity contribution in [2.45, 2.75) is 195 Å². The van der Waals surface area contributed by atoms with Crippen LogP contribution in [0.4, 0.5) is 0 Å². The van der Waals surface area contributed by atoms with Gasteiger partial charge in [0.25, 0.3) is 0 Å². The van der Waals surface area contributed by atoms with Crippen LogP contribution in [-0.2, 0) is 0 Å². The average molecular weight is 594 g/mol. The van der Waals surface area contributed by atoms with E-state index in [1.54, 1.807) is 0 Å². The van der Waals surface area contributed by atoms with E-state index in [4.69, 9.17) is 0 Å². The summed E-state index contributed by atoms with van der Waals surface area (Å²) >= 11 is 0. The lowest BCUT2D eigenvalue weighted by Gasteiger charge is -2.30. The summed E-state index contributed by atoms with van der Waals surface area (Å²) in [5.41, 5.74) is 0. The van der Waals surface area contributed by atoms with Crippen molar-refractivity contribution in [1.29, 1.82) is 0 Å². The summed E-state index contributed by atoms with van der Waals surface area (Å²) in [4.78, 5) is 8.42. The summed E-state index contributed by atoms with van der Waals surface area (Å²) in [6, 6.07) is 0. The van der Waals surface area contributed by atoms with E-state index in [2.05, 4.69) is 49.3 Å². The first kappa shape index (κ1) is 41.9. The van der Waals surface area contributed by atoms with Crippen LogP contribution in [0.5, 0.6) is 0 Å². The van der Waals surface area contributed by atoms with E-state index in [0.29, 0.717) is 0 Å². The third kappa shape index (κ3) is 29.9. The monoisotopic (exact) mass is 594 g/mol. The van der Waals surface area contributed by atoms with Crippen molar-refractivity contribution in [2.24, 2.45) is 0 Å². The Balaban J connectivity index is 4.72. The topological polar surface area (TPSA) is 9.72 Å². The normalized spacial score (nSPS) is 12.0. The molecule has 0 aliphatic carbocycles. The van der Waals surface area contributed by atoms with Crippen LogP contribution in [0.2, 0.25) is 0 Å². The molecule has 0 aromatic carbocycles. The van der Waals surface area contributed by atoms with Gasteiger partial charge in [0, 0.05) is 26.2 Å². The Bertz CT molecular complexity index is 476. The van der Waals surface area contributed by atoms with Crippen molar-refractivity contribution < 1.29 is 0 Å². The van der Waals surface area contributed by atoms with Gasteiger partial charge < -0.3 is 14.7 Å². The molecule has 0 bridgehead atoms. The number of rotatable bonds is 36. The molecule has 0 fully saturated rings. The van der Waals surface area contributed by atoms with E-state index in [0.717, 1.165) is 0 Å². The van der Waals surface area contributed by atoms with Crippen molar-refractivity contribution in [3.63, 3.8) is 0 Å². The Labute approximate surface area is 268 Å². The van der Waals surface area contributed by atoms with Crippen LogP contribution >= 0.6 is 0 Å². The highest BCUT2D eigenvalue weighted by molar-refractivity contribution is 4.68. The molecule has 3 heteroatoms. The number of hydrogen-bond donors (Lipinski definition) is 0. The fourth-order valence-electron chi connectivity index (χ4n) is 6.44. The first-order chi connectivity index (χ1) is 20.7. The molecule has 0 aliphatic rings. The molecule has 0 aliphatic heterocycles. The summed E-state index contributed by atoms with van der Waals surface area (Å²) in [7, 11) is 0. The van der Waals surface area contributed by atoms with Gasteiger partial charge in [0.2, 0.25) is 0 Å². The van der Waals surface area contributed by atoms with Gasteiger partial charge in [0.05, 0.1) is 0 Å². The summed E-state index contributed by atoms with van der Waals surface area (Å²) in [5.74, 6) is 0. The van der Waals surface area contributed by atoms with Crippen LogP contribution in [0.25, 0.3) is 0 Å². The van der Waals surface area contributed by atoms with Crippen molar-refractivity contribution in [3.05, 3.63) is 0 Å². The Morgan fingerprint density at radius 2 is 0.405 bits per heavy atom. The second kappa shape index (κ2) is 35.4. The highest BCUT2D eigenvalue weighted by Crippen LogP contribution is 2.12. The van der Waals surface area contributed by atoms with E-state index in [1.807, 2.05) is 0 Å². The SMILES string of the molecule is CCCCCCCCCCCCN(CCN(CCC)CCC)CCN(CCCCCCCC)CCCCCCCCC.